The van der Waals surface area contributed by atoms with Crippen LogP contribution in [0.5, 0.6) is 0 Å². The molecule has 1 N–H and O–H groups in total. The van der Waals surface area contributed by atoms with Crippen molar-refractivity contribution in [1.82, 2.24) is 4.72 Å². The number of rotatable bonds is 6. The summed E-state index contributed by atoms with van der Waals surface area (Å²) >= 11 is 5.85. The highest BCUT2D eigenvalue weighted by Gasteiger charge is 2.36. The second-order valence-electron chi connectivity index (χ2n) is 4.03. The van der Waals surface area contributed by atoms with Crippen LogP contribution in [0.15, 0.2) is 0 Å². The second kappa shape index (κ2) is 5.48. The molecule has 0 unspecified atom stereocenters. The molecule has 0 spiro atoms. The number of sulfonamides is 1. The highest BCUT2D eigenvalue weighted by molar-refractivity contribution is 7.89. The molecule has 0 aromatic carbocycles. The molecular formula is C9H18ClNO3S. The van der Waals surface area contributed by atoms with Crippen LogP contribution in [-0.2, 0) is 14.8 Å². The minimum Gasteiger partial charge on any atom is -0.384 e. The van der Waals surface area contributed by atoms with E-state index >= 15 is 0 Å². The van der Waals surface area contributed by atoms with E-state index in [0.717, 1.165) is 25.7 Å². The van der Waals surface area contributed by atoms with Crippen LogP contribution < -0.4 is 4.72 Å². The van der Waals surface area contributed by atoms with Crippen molar-refractivity contribution in [2.24, 2.45) is 0 Å². The van der Waals surface area contributed by atoms with Crippen molar-refractivity contribution in [3.8, 4) is 0 Å². The first kappa shape index (κ1) is 13.2. The molecule has 1 rings (SSSR count). The van der Waals surface area contributed by atoms with Gasteiger partial charge in [-0.15, -0.1) is 11.6 Å². The van der Waals surface area contributed by atoms with E-state index in [1.54, 1.807) is 0 Å². The Morgan fingerprint density at radius 3 is 2.47 bits per heavy atom. The molecule has 1 fully saturated rings. The summed E-state index contributed by atoms with van der Waals surface area (Å²) in [7, 11) is -1.77. The van der Waals surface area contributed by atoms with E-state index in [4.69, 9.17) is 16.3 Å². The Hall–Kier alpha value is 0.160. The molecule has 0 heterocycles. The van der Waals surface area contributed by atoms with Gasteiger partial charge in [-0.1, -0.05) is 12.8 Å². The number of nitrogens with one attached hydrogen (secondary N) is 1. The Morgan fingerprint density at radius 1 is 1.40 bits per heavy atom. The molecule has 0 saturated heterocycles. The highest BCUT2D eigenvalue weighted by atomic mass is 35.5. The summed E-state index contributed by atoms with van der Waals surface area (Å²) < 4.78 is 30.8. The largest absolute Gasteiger partial charge is 0.384 e. The number of alkyl halides is 1. The topological polar surface area (TPSA) is 55.4 Å². The standard InChI is InChI=1S/C9H18ClNO3S/c1-14-6-7-15(12,13)11-9(8-10)4-2-3-5-9/h11H,2-8H2,1H3. The molecule has 90 valence electrons. The van der Waals surface area contributed by atoms with Gasteiger partial charge in [0.1, 0.15) is 0 Å². The van der Waals surface area contributed by atoms with Crippen molar-refractivity contribution < 1.29 is 13.2 Å². The van der Waals surface area contributed by atoms with E-state index in [0.29, 0.717) is 5.88 Å². The molecule has 4 nitrogen and oxygen atoms in total. The van der Waals surface area contributed by atoms with Crippen molar-refractivity contribution in [3.05, 3.63) is 0 Å². The van der Waals surface area contributed by atoms with E-state index < -0.39 is 15.6 Å². The lowest BCUT2D eigenvalue weighted by atomic mass is 10.0. The Morgan fingerprint density at radius 2 is 2.00 bits per heavy atom. The maximum absolute atomic E-state index is 11.7. The maximum Gasteiger partial charge on any atom is 0.214 e. The monoisotopic (exact) mass is 255 g/mol. The molecular weight excluding hydrogens is 238 g/mol. The van der Waals surface area contributed by atoms with Crippen LogP contribution in [-0.4, -0.2) is 39.3 Å². The van der Waals surface area contributed by atoms with Crippen molar-refractivity contribution in [2.75, 3.05) is 25.3 Å². The lowest BCUT2D eigenvalue weighted by Crippen LogP contribution is -2.49. The number of hydrogen-bond acceptors (Lipinski definition) is 3. The fraction of sp³-hybridized carbons (Fsp3) is 1.00. The van der Waals surface area contributed by atoms with Gasteiger partial charge in [0.2, 0.25) is 10.0 Å². The Bertz CT molecular complexity index is 286. The van der Waals surface area contributed by atoms with Crippen LogP contribution >= 0.6 is 11.6 Å². The van der Waals surface area contributed by atoms with Crippen molar-refractivity contribution in [3.63, 3.8) is 0 Å². The zero-order valence-corrected chi connectivity index (χ0v) is 10.5. The predicted octanol–water partition coefficient (Wildman–Crippen LogP) is 1.10. The molecule has 15 heavy (non-hydrogen) atoms. The summed E-state index contributed by atoms with van der Waals surface area (Å²) in [5.41, 5.74) is -0.409. The molecule has 0 radical (unpaired) electrons. The maximum atomic E-state index is 11.7. The third-order valence-corrected chi connectivity index (χ3v) is 4.70. The fourth-order valence-corrected chi connectivity index (χ4v) is 3.73. The number of methoxy groups -OCH3 is 1. The lowest BCUT2D eigenvalue weighted by Gasteiger charge is -2.27. The average Bonchev–Trinajstić information content (AvgIpc) is 2.63. The molecule has 1 saturated carbocycles. The van der Waals surface area contributed by atoms with Crippen LogP contribution in [0.25, 0.3) is 0 Å². The Kier molecular flexibility index (Phi) is 4.83. The van der Waals surface area contributed by atoms with Gasteiger partial charge < -0.3 is 4.74 Å². The molecule has 0 aromatic heterocycles. The summed E-state index contributed by atoms with van der Waals surface area (Å²) in [5.74, 6) is 0.349. The quantitative estimate of drug-likeness (QED) is 0.724. The van der Waals surface area contributed by atoms with Gasteiger partial charge in [-0.2, -0.15) is 0 Å². The van der Waals surface area contributed by atoms with Gasteiger partial charge in [0, 0.05) is 18.5 Å². The third kappa shape index (κ3) is 3.90. The van der Waals surface area contributed by atoms with Gasteiger partial charge in [-0.05, 0) is 12.8 Å². The summed E-state index contributed by atoms with van der Waals surface area (Å²) in [5, 5.41) is 0. The minimum atomic E-state index is -3.26. The summed E-state index contributed by atoms with van der Waals surface area (Å²) in [6.07, 6.45) is 3.75. The van der Waals surface area contributed by atoms with Crippen LogP contribution in [0.1, 0.15) is 25.7 Å². The average molecular weight is 256 g/mol. The number of halogens is 1. The highest BCUT2D eigenvalue weighted by Crippen LogP contribution is 2.31. The zero-order valence-electron chi connectivity index (χ0n) is 8.96. The van der Waals surface area contributed by atoms with Crippen molar-refractivity contribution in [1.29, 1.82) is 0 Å². The van der Waals surface area contributed by atoms with Gasteiger partial charge in [-0.25, -0.2) is 13.1 Å². The fourth-order valence-electron chi connectivity index (χ4n) is 1.89. The third-order valence-electron chi connectivity index (χ3n) is 2.74. The lowest BCUT2D eigenvalue weighted by molar-refractivity contribution is 0.216. The smallest absolute Gasteiger partial charge is 0.214 e. The first-order valence-corrected chi connectivity index (χ1v) is 7.29. The molecule has 0 aromatic rings. The van der Waals surface area contributed by atoms with E-state index in [9.17, 15) is 8.42 Å². The number of ether oxygens (including phenoxy) is 1. The van der Waals surface area contributed by atoms with Gasteiger partial charge in [-0.3, -0.25) is 0 Å². The Labute approximate surface area is 96.4 Å². The van der Waals surface area contributed by atoms with E-state index in [1.165, 1.54) is 7.11 Å². The minimum absolute atomic E-state index is 0.00212. The molecule has 6 heteroatoms. The van der Waals surface area contributed by atoms with Crippen LogP contribution in [0, 0.1) is 0 Å². The molecule has 0 aliphatic heterocycles. The van der Waals surface area contributed by atoms with Crippen LogP contribution in [0.3, 0.4) is 0 Å². The zero-order chi connectivity index (χ0) is 11.4. The first-order valence-electron chi connectivity index (χ1n) is 5.10. The van der Waals surface area contributed by atoms with Crippen LogP contribution in [0.4, 0.5) is 0 Å². The van der Waals surface area contributed by atoms with E-state index in [1.807, 2.05) is 0 Å². The Balaban J connectivity index is 2.58. The van der Waals surface area contributed by atoms with Crippen LogP contribution in [0.2, 0.25) is 0 Å². The molecule has 0 atom stereocenters. The summed E-state index contributed by atoms with van der Waals surface area (Å²) in [4.78, 5) is 0. The van der Waals surface area contributed by atoms with Gasteiger partial charge in [0.15, 0.2) is 0 Å². The van der Waals surface area contributed by atoms with Crippen molar-refractivity contribution >= 4 is 21.6 Å². The van der Waals surface area contributed by atoms with Gasteiger partial charge in [0.05, 0.1) is 12.4 Å². The number of hydrogen-bond donors (Lipinski definition) is 1. The predicted molar refractivity (Wildman–Crippen MR) is 60.7 cm³/mol. The van der Waals surface area contributed by atoms with E-state index in [-0.39, 0.29) is 12.4 Å². The molecule has 1 aliphatic rings. The molecule has 0 bridgehead atoms. The van der Waals surface area contributed by atoms with E-state index in [2.05, 4.69) is 4.72 Å². The van der Waals surface area contributed by atoms with Gasteiger partial charge >= 0.3 is 0 Å². The normalized spacial score (nSPS) is 20.7. The molecule has 1 aliphatic carbocycles. The first-order chi connectivity index (χ1) is 7.04. The van der Waals surface area contributed by atoms with Crippen molar-refractivity contribution in [2.45, 2.75) is 31.2 Å². The van der Waals surface area contributed by atoms with Gasteiger partial charge in [0.25, 0.3) is 0 Å². The molecule has 0 amide bonds. The SMILES string of the molecule is COCCS(=O)(=O)NC1(CCl)CCCC1. The summed E-state index contributed by atoms with van der Waals surface area (Å²) in [6, 6.07) is 0. The summed E-state index contributed by atoms with van der Waals surface area (Å²) in [6.45, 7) is 0.216. The second-order valence-corrected chi connectivity index (χ2v) is 6.14.